The van der Waals surface area contributed by atoms with Crippen LogP contribution in [0.4, 0.5) is 11.5 Å². The number of fused-ring (bicyclic) bond motifs is 1. The van der Waals surface area contributed by atoms with Gasteiger partial charge < -0.3 is 24.6 Å². The van der Waals surface area contributed by atoms with Crippen LogP contribution in [0.3, 0.4) is 0 Å². The lowest BCUT2D eigenvalue weighted by molar-refractivity contribution is 0.0599. The molecule has 1 fully saturated rings. The second-order valence-corrected chi connectivity index (χ2v) is 8.38. The van der Waals surface area contributed by atoms with Crippen LogP contribution >= 0.6 is 23.8 Å². The van der Waals surface area contributed by atoms with E-state index in [1.54, 1.807) is 12.1 Å². The molecule has 8 nitrogen and oxygen atoms in total. The Labute approximate surface area is 194 Å². The molecule has 3 aromatic rings. The van der Waals surface area contributed by atoms with Crippen molar-refractivity contribution in [3.8, 4) is 0 Å². The number of rotatable bonds is 4. The SMILES string of the molecule is COC(=O)c1cc(NC(=S)N2CCN(c3nsc4ccccc34)CC2)cc(C(=O)OC)c1. The van der Waals surface area contributed by atoms with Gasteiger partial charge in [-0.3, -0.25) is 0 Å². The first-order valence-corrected chi connectivity index (χ1v) is 11.2. The van der Waals surface area contributed by atoms with Gasteiger partial charge in [-0.2, -0.15) is 4.37 Å². The lowest BCUT2D eigenvalue weighted by Crippen LogP contribution is -2.50. The maximum Gasteiger partial charge on any atom is 0.337 e. The van der Waals surface area contributed by atoms with Gasteiger partial charge in [-0.15, -0.1) is 0 Å². The molecule has 0 saturated carbocycles. The van der Waals surface area contributed by atoms with Gasteiger partial charge in [0.1, 0.15) is 5.82 Å². The topological polar surface area (TPSA) is 84.0 Å². The number of thiocarbonyl (C=S) groups is 1. The molecule has 2 heterocycles. The van der Waals surface area contributed by atoms with E-state index in [-0.39, 0.29) is 11.1 Å². The maximum absolute atomic E-state index is 12.0. The van der Waals surface area contributed by atoms with Crippen LogP contribution in [-0.4, -0.2) is 66.7 Å². The lowest BCUT2D eigenvalue weighted by atomic mass is 10.1. The maximum atomic E-state index is 12.0. The second kappa shape index (κ2) is 9.49. The van der Waals surface area contributed by atoms with Crippen molar-refractivity contribution in [1.82, 2.24) is 9.27 Å². The number of carbonyl (C=O) groups excluding carboxylic acids is 2. The Morgan fingerprint density at radius 2 is 1.62 bits per heavy atom. The molecule has 0 amide bonds. The number of ether oxygens (including phenoxy) is 2. The third-order valence-corrected chi connectivity index (χ3v) is 6.43. The number of methoxy groups -OCH3 is 2. The van der Waals surface area contributed by atoms with E-state index in [1.807, 2.05) is 12.1 Å². The van der Waals surface area contributed by atoms with Crippen molar-refractivity contribution in [2.24, 2.45) is 0 Å². The van der Waals surface area contributed by atoms with Gasteiger partial charge in [0.15, 0.2) is 5.11 Å². The molecule has 1 aromatic heterocycles. The molecule has 1 aliphatic heterocycles. The fourth-order valence-corrected chi connectivity index (χ4v) is 4.69. The summed E-state index contributed by atoms with van der Waals surface area (Å²) >= 11 is 7.11. The van der Waals surface area contributed by atoms with Crippen molar-refractivity contribution in [3.63, 3.8) is 0 Å². The second-order valence-electron chi connectivity index (χ2n) is 7.19. The largest absolute Gasteiger partial charge is 0.465 e. The van der Waals surface area contributed by atoms with Gasteiger partial charge in [-0.1, -0.05) is 12.1 Å². The summed E-state index contributed by atoms with van der Waals surface area (Å²) in [7, 11) is 2.58. The van der Waals surface area contributed by atoms with Crippen LogP contribution in [0.1, 0.15) is 20.7 Å². The van der Waals surface area contributed by atoms with Crippen molar-refractivity contribution in [3.05, 3.63) is 53.6 Å². The number of nitrogens with zero attached hydrogens (tertiary/aromatic N) is 3. The van der Waals surface area contributed by atoms with Gasteiger partial charge in [-0.05, 0) is 54.1 Å². The molecule has 0 bridgehead atoms. The molecule has 0 radical (unpaired) electrons. The minimum atomic E-state index is -0.547. The first kappa shape index (κ1) is 22.0. The predicted molar refractivity (Wildman–Crippen MR) is 129 cm³/mol. The third kappa shape index (κ3) is 4.51. The number of esters is 2. The lowest BCUT2D eigenvalue weighted by Gasteiger charge is -2.36. The quantitative estimate of drug-likeness (QED) is 0.456. The zero-order valence-electron chi connectivity index (χ0n) is 17.7. The summed E-state index contributed by atoms with van der Waals surface area (Å²) in [5, 5.41) is 4.83. The molecule has 0 unspecified atom stereocenters. The molecular formula is C22H22N4O4S2. The predicted octanol–water partition coefficient (Wildman–Crippen LogP) is 3.39. The monoisotopic (exact) mass is 470 g/mol. The molecule has 2 aromatic carbocycles. The zero-order chi connectivity index (χ0) is 22.7. The summed E-state index contributed by atoms with van der Waals surface area (Å²) in [6.45, 7) is 3.01. The molecule has 10 heteroatoms. The van der Waals surface area contributed by atoms with E-state index in [2.05, 4.69) is 31.6 Å². The Hall–Kier alpha value is -3.24. The van der Waals surface area contributed by atoms with Crippen LogP contribution in [0.25, 0.3) is 10.1 Å². The average molecular weight is 471 g/mol. The van der Waals surface area contributed by atoms with Crippen LogP contribution in [0, 0.1) is 0 Å². The van der Waals surface area contributed by atoms with E-state index in [4.69, 9.17) is 21.7 Å². The van der Waals surface area contributed by atoms with E-state index >= 15 is 0 Å². The van der Waals surface area contributed by atoms with Gasteiger partial charge in [0.2, 0.25) is 0 Å². The molecule has 0 spiro atoms. The van der Waals surface area contributed by atoms with Gasteiger partial charge in [0.05, 0.1) is 30.0 Å². The van der Waals surface area contributed by atoms with Crippen molar-refractivity contribution < 1.29 is 19.1 Å². The van der Waals surface area contributed by atoms with Crippen LogP contribution < -0.4 is 10.2 Å². The van der Waals surface area contributed by atoms with E-state index < -0.39 is 11.9 Å². The summed E-state index contributed by atoms with van der Waals surface area (Å²) in [4.78, 5) is 28.3. The van der Waals surface area contributed by atoms with Gasteiger partial charge in [0, 0.05) is 37.3 Å². The van der Waals surface area contributed by atoms with E-state index in [9.17, 15) is 9.59 Å². The summed E-state index contributed by atoms with van der Waals surface area (Å²) in [5.41, 5.74) is 0.994. The normalized spacial score (nSPS) is 13.7. The van der Waals surface area contributed by atoms with Crippen molar-refractivity contribution in [2.45, 2.75) is 0 Å². The number of carbonyl (C=O) groups is 2. The van der Waals surface area contributed by atoms with Crippen molar-refractivity contribution in [1.29, 1.82) is 0 Å². The highest BCUT2D eigenvalue weighted by Crippen LogP contribution is 2.30. The average Bonchev–Trinajstić information content (AvgIpc) is 3.27. The summed E-state index contributed by atoms with van der Waals surface area (Å²) in [5.74, 6) is -0.0831. The summed E-state index contributed by atoms with van der Waals surface area (Å²) in [6.07, 6.45) is 0. The summed E-state index contributed by atoms with van der Waals surface area (Å²) < 4.78 is 15.4. The first-order chi connectivity index (χ1) is 15.5. The number of benzene rings is 2. The minimum Gasteiger partial charge on any atom is -0.465 e. The smallest absolute Gasteiger partial charge is 0.337 e. The van der Waals surface area contributed by atoms with Crippen LogP contribution in [0.15, 0.2) is 42.5 Å². The standard InChI is InChI=1S/C22H22N4O4S2/c1-29-20(27)14-11-15(21(28)30-2)13-16(12-14)23-22(31)26-9-7-25(8-10-26)19-17-5-3-4-6-18(17)32-24-19/h3-6,11-13H,7-10H2,1-2H3,(H,23,31). The minimum absolute atomic E-state index is 0.237. The Bertz CT molecular complexity index is 1140. The number of piperazine rings is 1. The molecule has 32 heavy (non-hydrogen) atoms. The fraction of sp³-hybridized carbons (Fsp3) is 0.273. The van der Waals surface area contributed by atoms with Crippen LogP contribution in [0.2, 0.25) is 0 Å². The molecule has 1 aliphatic rings. The Morgan fingerprint density at radius 1 is 1.00 bits per heavy atom. The van der Waals surface area contributed by atoms with E-state index in [0.717, 1.165) is 32.0 Å². The van der Waals surface area contributed by atoms with Crippen LogP contribution in [-0.2, 0) is 9.47 Å². The Balaban J connectivity index is 1.44. The fourth-order valence-electron chi connectivity index (χ4n) is 3.60. The van der Waals surface area contributed by atoms with E-state index in [0.29, 0.717) is 10.8 Å². The highest BCUT2D eigenvalue weighted by atomic mass is 32.1. The number of hydrogen-bond donors (Lipinski definition) is 1. The Kier molecular flexibility index (Phi) is 6.52. The van der Waals surface area contributed by atoms with Crippen molar-refractivity contribution >= 4 is 62.4 Å². The molecule has 1 N–H and O–H groups in total. The number of aromatic nitrogens is 1. The number of anilines is 2. The highest BCUT2D eigenvalue weighted by Gasteiger charge is 2.23. The zero-order valence-corrected chi connectivity index (χ0v) is 19.3. The molecule has 0 aliphatic carbocycles. The first-order valence-electron chi connectivity index (χ1n) is 9.97. The number of hydrogen-bond acceptors (Lipinski definition) is 8. The molecular weight excluding hydrogens is 448 g/mol. The van der Waals surface area contributed by atoms with E-state index in [1.165, 1.54) is 41.9 Å². The van der Waals surface area contributed by atoms with Crippen LogP contribution in [0.5, 0.6) is 0 Å². The highest BCUT2D eigenvalue weighted by molar-refractivity contribution is 7.80. The van der Waals surface area contributed by atoms with Crippen molar-refractivity contribution in [2.75, 3.05) is 50.6 Å². The van der Waals surface area contributed by atoms with Gasteiger partial charge >= 0.3 is 11.9 Å². The van der Waals surface area contributed by atoms with Gasteiger partial charge in [-0.25, -0.2) is 9.59 Å². The Morgan fingerprint density at radius 3 is 2.25 bits per heavy atom. The van der Waals surface area contributed by atoms with Gasteiger partial charge in [0.25, 0.3) is 0 Å². The molecule has 1 saturated heterocycles. The third-order valence-electron chi connectivity index (χ3n) is 5.25. The summed E-state index contributed by atoms with van der Waals surface area (Å²) in [6, 6.07) is 12.9. The number of nitrogens with one attached hydrogen (secondary N) is 1. The molecule has 0 atom stereocenters. The molecule has 4 rings (SSSR count). The molecule has 166 valence electrons.